The van der Waals surface area contributed by atoms with E-state index in [1.807, 2.05) is 25.1 Å². The monoisotopic (exact) mass is 315 g/mol. The number of hydrogen-bond donors (Lipinski definition) is 1. The van der Waals surface area contributed by atoms with Crippen molar-refractivity contribution in [3.05, 3.63) is 59.4 Å². The largest absolute Gasteiger partial charge is 0.454 e. The van der Waals surface area contributed by atoms with Gasteiger partial charge in [-0.15, -0.1) is 0 Å². The smallest absolute Gasteiger partial charge is 0.231 e. The van der Waals surface area contributed by atoms with Gasteiger partial charge in [-0.1, -0.05) is 18.2 Å². The van der Waals surface area contributed by atoms with E-state index in [2.05, 4.69) is 5.32 Å². The van der Waals surface area contributed by atoms with E-state index in [1.165, 1.54) is 12.1 Å². The van der Waals surface area contributed by atoms with E-state index in [0.717, 1.165) is 16.9 Å². The number of amides is 1. The maximum absolute atomic E-state index is 12.8. The quantitative estimate of drug-likeness (QED) is 0.920. The summed E-state index contributed by atoms with van der Waals surface area (Å²) in [6, 6.07) is 11.7. The molecule has 5 heteroatoms. The highest BCUT2D eigenvalue weighted by atomic mass is 19.1. The van der Waals surface area contributed by atoms with Gasteiger partial charge in [-0.05, 0) is 48.7 Å². The number of ether oxygens (including phenoxy) is 2. The molecule has 0 bridgehead atoms. The van der Waals surface area contributed by atoms with Crippen LogP contribution in [0.1, 0.15) is 30.5 Å². The average molecular weight is 315 g/mol. The van der Waals surface area contributed by atoms with Crippen LogP contribution >= 0.6 is 0 Å². The lowest BCUT2D eigenvalue weighted by Crippen LogP contribution is -2.26. The normalized spacial score (nSPS) is 13.7. The standard InChI is InChI=1S/C18H18FNO3/c1-12(14-5-8-16-17(10-14)23-11-22-16)20-18(21)9-4-13-2-6-15(19)7-3-13/h2-3,5-8,10,12H,4,9,11H2,1H3,(H,20,21). The molecule has 120 valence electrons. The summed E-state index contributed by atoms with van der Waals surface area (Å²) in [6.07, 6.45) is 0.945. The summed E-state index contributed by atoms with van der Waals surface area (Å²) in [5, 5.41) is 2.96. The number of hydrogen-bond acceptors (Lipinski definition) is 3. The molecular formula is C18H18FNO3. The fourth-order valence-corrected chi connectivity index (χ4v) is 2.49. The first kappa shape index (κ1) is 15.3. The summed E-state index contributed by atoms with van der Waals surface area (Å²) in [5.74, 6) is 1.12. The van der Waals surface area contributed by atoms with Gasteiger partial charge < -0.3 is 14.8 Å². The summed E-state index contributed by atoms with van der Waals surface area (Å²) >= 11 is 0. The van der Waals surface area contributed by atoms with Crippen molar-refractivity contribution in [1.82, 2.24) is 5.32 Å². The van der Waals surface area contributed by atoms with Gasteiger partial charge in [0.2, 0.25) is 12.7 Å². The van der Waals surface area contributed by atoms with Crippen LogP contribution in [0.3, 0.4) is 0 Å². The zero-order valence-corrected chi connectivity index (χ0v) is 12.8. The first-order chi connectivity index (χ1) is 11.1. The zero-order chi connectivity index (χ0) is 16.2. The molecule has 1 unspecified atom stereocenters. The number of carbonyl (C=O) groups is 1. The number of carbonyl (C=O) groups excluding carboxylic acids is 1. The molecule has 0 saturated carbocycles. The van der Waals surface area contributed by atoms with Gasteiger partial charge in [0.1, 0.15) is 5.82 Å². The fraction of sp³-hybridized carbons (Fsp3) is 0.278. The Labute approximate surface area is 134 Å². The highest BCUT2D eigenvalue weighted by Crippen LogP contribution is 2.34. The number of halogens is 1. The van der Waals surface area contributed by atoms with Crippen LogP contribution < -0.4 is 14.8 Å². The minimum Gasteiger partial charge on any atom is -0.454 e. The molecule has 0 aliphatic carbocycles. The van der Waals surface area contributed by atoms with Crippen LogP contribution in [0.25, 0.3) is 0 Å². The van der Waals surface area contributed by atoms with Gasteiger partial charge in [0.05, 0.1) is 6.04 Å². The molecule has 4 nitrogen and oxygen atoms in total. The topological polar surface area (TPSA) is 47.6 Å². The van der Waals surface area contributed by atoms with Crippen molar-refractivity contribution < 1.29 is 18.7 Å². The van der Waals surface area contributed by atoms with Gasteiger partial charge in [-0.25, -0.2) is 4.39 Å². The van der Waals surface area contributed by atoms with Crippen LogP contribution in [-0.4, -0.2) is 12.7 Å². The van der Waals surface area contributed by atoms with Gasteiger partial charge in [0, 0.05) is 6.42 Å². The third-order valence-corrected chi connectivity index (χ3v) is 3.83. The molecular weight excluding hydrogens is 297 g/mol. The van der Waals surface area contributed by atoms with E-state index in [1.54, 1.807) is 12.1 Å². The van der Waals surface area contributed by atoms with Crippen molar-refractivity contribution in [2.75, 3.05) is 6.79 Å². The van der Waals surface area contributed by atoms with Crippen molar-refractivity contribution in [3.8, 4) is 11.5 Å². The van der Waals surface area contributed by atoms with Crippen molar-refractivity contribution in [2.45, 2.75) is 25.8 Å². The predicted molar refractivity (Wildman–Crippen MR) is 83.8 cm³/mol. The second kappa shape index (κ2) is 6.69. The van der Waals surface area contributed by atoms with E-state index in [4.69, 9.17) is 9.47 Å². The third-order valence-electron chi connectivity index (χ3n) is 3.83. The number of aryl methyl sites for hydroxylation is 1. The maximum atomic E-state index is 12.8. The minimum atomic E-state index is -0.269. The molecule has 23 heavy (non-hydrogen) atoms. The SMILES string of the molecule is CC(NC(=O)CCc1ccc(F)cc1)c1ccc2c(c1)OCO2. The number of benzene rings is 2. The molecule has 2 aromatic rings. The second-order valence-electron chi connectivity index (χ2n) is 5.53. The number of nitrogens with one attached hydrogen (secondary N) is 1. The molecule has 1 aliphatic heterocycles. The molecule has 0 spiro atoms. The maximum Gasteiger partial charge on any atom is 0.231 e. The van der Waals surface area contributed by atoms with Gasteiger partial charge >= 0.3 is 0 Å². The lowest BCUT2D eigenvalue weighted by Gasteiger charge is -2.15. The first-order valence-corrected chi connectivity index (χ1v) is 7.55. The molecule has 2 aromatic carbocycles. The molecule has 1 atom stereocenters. The van der Waals surface area contributed by atoms with Crippen LogP contribution in [0, 0.1) is 5.82 Å². The number of rotatable bonds is 5. The Hall–Kier alpha value is -2.56. The van der Waals surface area contributed by atoms with E-state index in [0.29, 0.717) is 18.6 Å². The highest BCUT2D eigenvalue weighted by Gasteiger charge is 2.16. The summed E-state index contributed by atoms with van der Waals surface area (Å²) < 4.78 is 23.5. The summed E-state index contributed by atoms with van der Waals surface area (Å²) in [6.45, 7) is 2.16. The molecule has 0 saturated heterocycles. The number of fused-ring (bicyclic) bond motifs is 1. The molecule has 1 aliphatic rings. The zero-order valence-electron chi connectivity index (χ0n) is 12.8. The van der Waals surface area contributed by atoms with Crippen LogP contribution in [0.15, 0.2) is 42.5 Å². The Morgan fingerprint density at radius 3 is 2.70 bits per heavy atom. The minimum absolute atomic E-state index is 0.0421. The summed E-state index contributed by atoms with van der Waals surface area (Å²) in [7, 11) is 0. The van der Waals surface area contributed by atoms with Crippen LogP contribution in [-0.2, 0) is 11.2 Å². The van der Waals surface area contributed by atoms with Gasteiger partial charge in [0.15, 0.2) is 11.5 Å². The first-order valence-electron chi connectivity index (χ1n) is 7.55. The van der Waals surface area contributed by atoms with E-state index < -0.39 is 0 Å². The molecule has 1 heterocycles. The third kappa shape index (κ3) is 3.80. The summed E-state index contributed by atoms with van der Waals surface area (Å²) in [4.78, 5) is 12.1. The molecule has 1 N–H and O–H groups in total. The highest BCUT2D eigenvalue weighted by molar-refractivity contribution is 5.76. The van der Waals surface area contributed by atoms with Gasteiger partial charge in [-0.2, -0.15) is 0 Å². The van der Waals surface area contributed by atoms with Crippen molar-refractivity contribution in [1.29, 1.82) is 0 Å². The van der Waals surface area contributed by atoms with Gasteiger partial charge in [0.25, 0.3) is 0 Å². The molecule has 0 radical (unpaired) electrons. The second-order valence-corrected chi connectivity index (χ2v) is 5.53. The lowest BCUT2D eigenvalue weighted by atomic mass is 10.1. The van der Waals surface area contributed by atoms with E-state index in [9.17, 15) is 9.18 Å². The predicted octanol–water partition coefficient (Wildman–Crippen LogP) is 3.36. The Morgan fingerprint density at radius 2 is 1.91 bits per heavy atom. The van der Waals surface area contributed by atoms with Crippen molar-refractivity contribution in [2.24, 2.45) is 0 Å². The Bertz CT molecular complexity index is 700. The van der Waals surface area contributed by atoms with E-state index >= 15 is 0 Å². The Morgan fingerprint density at radius 1 is 1.17 bits per heavy atom. The Balaban J connectivity index is 1.54. The average Bonchev–Trinajstić information content (AvgIpc) is 3.02. The molecule has 0 aromatic heterocycles. The van der Waals surface area contributed by atoms with Crippen molar-refractivity contribution >= 4 is 5.91 Å². The molecule has 3 rings (SSSR count). The van der Waals surface area contributed by atoms with Crippen LogP contribution in [0.5, 0.6) is 11.5 Å². The van der Waals surface area contributed by atoms with Crippen LogP contribution in [0.2, 0.25) is 0 Å². The fourth-order valence-electron chi connectivity index (χ4n) is 2.49. The van der Waals surface area contributed by atoms with E-state index in [-0.39, 0.29) is 24.6 Å². The van der Waals surface area contributed by atoms with Crippen LogP contribution in [0.4, 0.5) is 4.39 Å². The summed E-state index contributed by atoms with van der Waals surface area (Å²) in [5.41, 5.74) is 1.90. The molecule has 1 amide bonds. The van der Waals surface area contributed by atoms with Gasteiger partial charge in [-0.3, -0.25) is 4.79 Å². The Kier molecular flexibility index (Phi) is 4.46. The lowest BCUT2D eigenvalue weighted by molar-refractivity contribution is -0.121. The van der Waals surface area contributed by atoms with Crippen molar-refractivity contribution in [3.63, 3.8) is 0 Å². The molecule has 0 fully saturated rings.